The molecule has 6 heteroatoms. The molecule has 2 aromatic rings. The van der Waals surface area contributed by atoms with Gasteiger partial charge in [0.15, 0.2) is 0 Å². The lowest BCUT2D eigenvalue weighted by molar-refractivity contribution is -0.119. The van der Waals surface area contributed by atoms with Crippen molar-refractivity contribution in [3.8, 4) is 17.0 Å². The van der Waals surface area contributed by atoms with Crippen molar-refractivity contribution < 1.29 is 9.53 Å². The highest BCUT2D eigenvalue weighted by molar-refractivity contribution is 7.09. The van der Waals surface area contributed by atoms with E-state index in [1.807, 2.05) is 29.6 Å². The van der Waals surface area contributed by atoms with Gasteiger partial charge in [0.05, 0.1) is 25.9 Å². The number of hydrogen-bond acceptors (Lipinski definition) is 5. The molecule has 0 unspecified atom stereocenters. The zero-order chi connectivity index (χ0) is 13.7. The Morgan fingerprint density at radius 2 is 2.37 bits per heavy atom. The van der Waals surface area contributed by atoms with E-state index >= 15 is 0 Å². The summed E-state index contributed by atoms with van der Waals surface area (Å²) >= 11 is 1.50. The van der Waals surface area contributed by atoms with Crippen molar-refractivity contribution in [1.29, 1.82) is 0 Å². The highest BCUT2D eigenvalue weighted by atomic mass is 32.1. The molecule has 0 saturated heterocycles. The number of nitrogens with one attached hydrogen (secondary N) is 1. The third-order valence-electron chi connectivity index (χ3n) is 2.54. The Kier molecular flexibility index (Phi) is 4.48. The molecule has 1 heterocycles. The molecule has 1 aromatic heterocycles. The van der Waals surface area contributed by atoms with Crippen molar-refractivity contribution in [3.63, 3.8) is 0 Å². The summed E-state index contributed by atoms with van der Waals surface area (Å²) in [5, 5.41) is 5.50. The first kappa shape index (κ1) is 13.5. The Bertz CT molecular complexity index is 569. The molecule has 2 rings (SSSR count). The van der Waals surface area contributed by atoms with Crippen LogP contribution in [0.4, 0.5) is 0 Å². The molecule has 0 spiro atoms. The minimum atomic E-state index is -0.182. The van der Waals surface area contributed by atoms with Crippen molar-refractivity contribution in [3.05, 3.63) is 34.7 Å². The predicted octanol–water partition coefficient (Wildman–Crippen LogP) is 1.39. The zero-order valence-corrected chi connectivity index (χ0v) is 11.4. The molecule has 0 atom stereocenters. The van der Waals surface area contributed by atoms with Crippen LogP contribution >= 0.6 is 11.3 Å². The summed E-state index contributed by atoms with van der Waals surface area (Å²) in [5.74, 6) is 0.613. The number of nitrogens with zero attached hydrogens (tertiary/aromatic N) is 1. The van der Waals surface area contributed by atoms with E-state index in [1.165, 1.54) is 11.3 Å². The fourth-order valence-electron chi connectivity index (χ4n) is 1.55. The predicted molar refractivity (Wildman–Crippen MR) is 75.0 cm³/mol. The van der Waals surface area contributed by atoms with Crippen LogP contribution in [0.3, 0.4) is 0 Å². The third-order valence-corrected chi connectivity index (χ3v) is 3.39. The summed E-state index contributed by atoms with van der Waals surface area (Å²) in [6.07, 6.45) is 0. The molecule has 1 amide bonds. The SMILES string of the molecule is COc1cccc(-c2csc(CNC(=O)CN)n2)c1. The molecule has 0 bridgehead atoms. The van der Waals surface area contributed by atoms with Crippen molar-refractivity contribution in [2.45, 2.75) is 6.54 Å². The Morgan fingerprint density at radius 1 is 1.53 bits per heavy atom. The maximum Gasteiger partial charge on any atom is 0.234 e. The van der Waals surface area contributed by atoms with Crippen molar-refractivity contribution >= 4 is 17.2 Å². The summed E-state index contributed by atoms with van der Waals surface area (Å²) < 4.78 is 5.18. The molecular weight excluding hydrogens is 262 g/mol. The summed E-state index contributed by atoms with van der Waals surface area (Å²) in [6.45, 7) is 0.402. The number of rotatable bonds is 5. The normalized spacial score (nSPS) is 10.2. The Hall–Kier alpha value is -1.92. The van der Waals surface area contributed by atoms with E-state index in [1.54, 1.807) is 7.11 Å². The van der Waals surface area contributed by atoms with E-state index in [0.29, 0.717) is 6.54 Å². The Labute approximate surface area is 115 Å². The van der Waals surface area contributed by atoms with Crippen LogP contribution in [0.2, 0.25) is 0 Å². The van der Waals surface area contributed by atoms with E-state index in [2.05, 4.69) is 10.3 Å². The number of benzene rings is 1. The average molecular weight is 277 g/mol. The quantitative estimate of drug-likeness (QED) is 0.866. The van der Waals surface area contributed by atoms with Gasteiger partial charge < -0.3 is 15.8 Å². The highest BCUT2D eigenvalue weighted by Gasteiger charge is 2.06. The van der Waals surface area contributed by atoms with Crippen molar-refractivity contribution in [2.24, 2.45) is 5.73 Å². The lowest BCUT2D eigenvalue weighted by Crippen LogP contribution is -2.29. The van der Waals surface area contributed by atoms with Gasteiger partial charge in [-0.3, -0.25) is 4.79 Å². The van der Waals surface area contributed by atoms with Gasteiger partial charge in [0.2, 0.25) is 5.91 Å². The van der Waals surface area contributed by atoms with Crippen LogP contribution in [-0.2, 0) is 11.3 Å². The van der Waals surface area contributed by atoms with Gasteiger partial charge in [-0.1, -0.05) is 12.1 Å². The molecule has 100 valence electrons. The second-order valence-corrected chi connectivity index (χ2v) is 4.78. The minimum Gasteiger partial charge on any atom is -0.497 e. The molecule has 5 nitrogen and oxygen atoms in total. The summed E-state index contributed by atoms with van der Waals surface area (Å²) in [5.41, 5.74) is 7.09. The second-order valence-electron chi connectivity index (χ2n) is 3.84. The van der Waals surface area contributed by atoms with E-state index in [0.717, 1.165) is 22.0 Å². The molecule has 0 fully saturated rings. The summed E-state index contributed by atoms with van der Waals surface area (Å²) in [7, 11) is 1.63. The first-order valence-corrected chi connectivity index (χ1v) is 6.66. The molecule has 0 saturated carbocycles. The molecular formula is C13H15N3O2S. The number of nitrogens with two attached hydrogens (primary N) is 1. The Balaban J connectivity index is 2.09. The maximum atomic E-state index is 11.1. The number of hydrogen-bond donors (Lipinski definition) is 2. The second kappa shape index (κ2) is 6.31. The highest BCUT2D eigenvalue weighted by Crippen LogP contribution is 2.25. The lowest BCUT2D eigenvalue weighted by Gasteiger charge is -2.02. The van der Waals surface area contributed by atoms with Gasteiger partial charge in [0.25, 0.3) is 0 Å². The van der Waals surface area contributed by atoms with Gasteiger partial charge in [-0.2, -0.15) is 0 Å². The van der Waals surface area contributed by atoms with Crippen LogP contribution in [0.25, 0.3) is 11.3 Å². The van der Waals surface area contributed by atoms with E-state index in [9.17, 15) is 4.79 Å². The number of methoxy groups -OCH3 is 1. The lowest BCUT2D eigenvalue weighted by atomic mass is 10.2. The van der Waals surface area contributed by atoms with Gasteiger partial charge in [-0.15, -0.1) is 11.3 Å². The summed E-state index contributed by atoms with van der Waals surface area (Å²) in [6, 6.07) is 7.71. The number of aromatic nitrogens is 1. The monoisotopic (exact) mass is 277 g/mol. The molecule has 0 aliphatic carbocycles. The van der Waals surface area contributed by atoms with Crippen LogP contribution in [0.5, 0.6) is 5.75 Å². The number of carbonyl (C=O) groups excluding carboxylic acids is 1. The molecule has 0 aliphatic rings. The van der Waals surface area contributed by atoms with E-state index in [4.69, 9.17) is 10.5 Å². The largest absolute Gasteiger partial charge is 0.497 e. The molecule has 19 heavy (non-hydrogen) atoms. The number of thiazole rings is 1. The zero-order valence-electron chi connectivity index (χ0n) is 10.6. The maximum absolute atomic E-state index is 11.1. The average Bonchev–Trinajstić information content (AvgIpc) is 2.93. The molecule has 1 aromatic carbocycles. The van der Waals surface area contributed by atoms with E-state index in [-0.39, 0.29) is 12.5 Å². The van der Waals surface area contributed by atoms with E-state index < -0.39 is 0 Å². The van der Waals surface area contributed by atoms with Crippen LogP contribution in [-0.4, -0.2) is 24.5 Å². The van der Waals surface area contributed by atoms with Gasteiger partial charge in [-0.05, 0) is 12.1 Å². The van der Waals surface area contributed by atoms with Crippen LogP contribution < -0.4 is 15.8 Å². The fourth-order valence-corrected chi connectivity index (χ4v) is 2.30. The van der Waals surface area contributed by atoms with Gasteiger partial charge in [0, 0.05) is 10.9 Å². The number of carbonyl (C=O) groups is 1. The smallest absolute Gasteiger partial charge is 0.234 e. The standard InChI is InChI=1S/C13H15N3O2S/c1-18-10-4-2-3-9(5-10)11-8-19-13(16-11)7-15-12(17)6-14/h2-5,8H,6-7,14H2,1H3,(H,15,17). The third kappa shape index (κ3) is 3.52. The Morgan fingerprint density at radius 3 is 3.11 bits per heavy atom. The molecule has 0 aliphatic heterocycles. The van der Waals surface area contributed by atoms with Gasteiger partial charge in [0.1, 0.15) is 10.8 Å². The molecule has 0 radical (unpaired) electrons. The van der Waals surface area contributed by atoms with Crippen LogP contribution in [0.1, 0.15) is 5.01 Å². The first-order valence-electron chi connectivity index (χ1n) is 5.78. The fraction of sp³-hybridized carbons (Fsp3) is 0.231. The molecule has 3 N–H and O–H groups in total. The minimum absolute atomic E-state index is 0.00584. The first-order chi connectivity index (χ1) is 9.22. The van der Waals surface area contributed by atoms with Crippen molar-refractivity contribution in [1.82, 2.24) is 10.3 Å². The van der Waals surface area contributed by atoms with Crippen molar-refractivity contribution in [2.75, 3.05) is 13.7 Å². The van der Waals surface area contributed by atoms with Crippen LogP contribution in [0.15, 0.2) is 29.6 Å². The number of ether oxygens (including phenoxy) is 1. The number of amides is 1. The van der Waals surface area contributed by atoms with Crippen LogP contribution in [0, 0.1) is 0 Å². The van der Waals surface area contributed by atoms with Gasteiger partial charge in [-0.25, -0.2) is 4.98 Å². The summed E-state index contributed by atoms with van der Waals surface area (Å²) in [4.78, 5) is 15.5. The van der Waals surface area contributed by atoms with Gasteiger partial charge >= 0.3 is 0 Å². The topological polar surface area (TPSA) is 77.2 Å².